The van der Waals surface area contributed by atoms with Crippen LogP contribution in [-0.2, 0) is 38.7 Å². The lowest BCUT2D eigenvalue weighted by molar-refractivity contribution is -0.297. The quantitative estimate of drug-likeness (QED) is 0.0216. The lowest BCUT2D eigenvalue weighted by atomic mass is 10.00. The van der Waals surface area contributed by atoms with E-state index in [0.29, 0.717) is 12.8 Å². The van der Waals surface area contributed by atoms with Gasteiger partial charge < -0.3 is 34.3 Å². The zero-order chi connectivity index (χ0) is 39.9. The van der Waals surface area contributed by atoms with Gasteiger partial charge >= 0.3 is 11.9 Å². The number of esters is 2. The van der Waals surface area contributed by atoms with E-state index in [1.54, 1.807) is 0 Å². The smallest absolute Gasteiger partial charge is 0.306 e. The molecule has 6 unspecified atom stereocenters. The van der Waals surface area contributed by atoms with Gasteiger partial charge in [-0.05, 0) is 38.5 Å². The molecule has 0 bridgehead atoms. The number of unbranched alkanes of at least 4 members (excludes halogenated alkanes) is 18. The highest BCUT2D eigenvalue weighted by Crippen LogP contribution is 2.24. The van der Waals surface area contributed by atoms with Gasteiger partial charge in [0.25, 0.3) is 10.1 Å². The molecule has 13 heteroatoms. The number of allylic oxidation sites excluding steroid dienone is 4. The maximum Gasteiger partial charge on any atom is 0.306 e. The molecule has 1 aliphatic heterocycles. The van der Waals surface area contributed by atoms with Gasteiger partial charge in [-0.1, -0.05) is 141 Å². The van der Waals surface area contributed by atoms with Crippen molar-refractivity contribution >= 4 is 22.1 Å². The number of carbonyl (C=O) groups is 2. The fraction of sp³-hybridized carbons (Fsp3) is 0.854. The van der Waals surface area contributed by atoms with Crippen molar-refractivity contribution in [1.82, 2.24) is 0 Å². The molecule has 0 spiro atoms. The van der Waals surface area contributed by atoms with Gasteiger partial charge in [-0.2, -0.15) is 8.42 Å². The van der Waals surface area contributed by atoms with Crippen molar-refractivity contribution in [1.29, 1.82) is 0 Å². The summed E-state index contributed by atoms with van der Waals surface area (Å²) in [6.07, 6.45) is 23.7. The summed E-state index contributed by atoms with van der Waals surface area (Å²) in [6, 6.07) is 0. The minimum absolute atomic E-state index is 0.150. The van der Waals surface area contributed by atoms with Crippen LogP contribution in [0.5, 0.6) is 0 Å². The predicted octanol–water partition coefficient (Wildman–Crippen LogP) is 7.67. The third-order valence-corrected chi connectivity index (χ3v) is 10.3. The van der Waals surface area contributed by atoms with Crippen LogP contribution in [0.15, 0.2) is 24.3 Å². The van der Waals surface area contributed by atoms with E-state index in [9.17, 15) is 37.9 Å². The van der Waals surface area contributed by atoms with Gasteiger partial charge in [0.1, 0.15) is 36.8 Å². The van der Waals surface area contributed by atoms with Crippen molar-refractivity contribution in [3.8, 4) is 0 Å². The summed E-state index contributed by atoms with van der Waals surface area (Å²) in [5.74, 6) is -2.00. The van der Waals surface area contributed by atoms with Crippen molar-refractivity contribution < 1.29 is 56.8 Å². The Hall–Kier alpha value is -1.87. The summed E-state index contributed by atoms with van der Waals surface area (Å²) >= 11 is 0. The first-order chi connectivity index (χ1) is 26.0. The molecule has 1 rings (SSSR count). The molecule has 0 amide bonds. The first-order valence-electron chi connectivity index (χ1n) is 20.9. The molecule has 0 saturated carbocycles. The van der Waals surface area contributed by atoms with E-state index in [1.165, 1.54) is 57.8 Å². The maximum absolute atomic E-state index is 12.7. The summed E-state index contributed by atoms with van der Waals surface area (Å²) in [5.41, 5.74) is 0. The van der Waals surface area contributed by atoms with E-state index < -0.39 is 71.2 Å². The number of aliphatic hydroxyl groups excluding tert-OH is 3. The molecule has 4 N–H and O–H groups in total. The monoisotopic (exact) mass is 790 g/mol. The van der Waals surface area contributed by atoms with Crippen molar-refractivity contribution in [3.05, 3.63) is 24.3 Å². The Kier molecular flexibility index (Phi) is 29.9. The summed E-state index contributed by atoms with van der Waals surface area (Å²) in [4.78, 5) is 25.3. The summed E-state index contributed by atoms with van der Waals surface area (Å²) in [7, 11) is -4.60. The van der Waals surface area contributed by atoms with E-state index in [4.69, 9.17) is 18.9 Å². The standard InChI is InChI=1S/C41H74O12S/c1-3-5-7-9-11-13-15-17-19-21-23-25-27-29-36(42)50-31-34(32-51-41-40(46)39(45)38(44)35(53-41)33-54(47,48)49)52-37(43)30-28-26-24-22-20-18-16-14-12-10-8-6-4-2/h8,10,14,16,34-35,38-41,44-46H,3-7,9,11-13,15,17-33H2,1-2H3,(H,47,48,49)/b10-8-,16-14-. The average molecular weight is 791 g/mol. The minimum Gasteiger partial charge on any atom is -0.462 e. The third-order valence-electron chi connectivity index (χ3n) is 9.52. The molecule has 316 valence electrons. The largest absolute Gasteiger partial charge is 0.462 e. The lowest BCUT2D eigenvalue weighted by Gasteiger charge is -2.40. The van der Waals surface area contributed by atoms with Crippen LogP contribution in [-0.4, -0.2) is 96.0 Å². The fourth-order valence-corrected chi connectivity index (χ4v) is 6.93. The van der Waals surface area contributed by atoms with Crippen LogP contribution in [0.25, 0.3) is 0 Å². The van der Waals surface area contributed by atoms with Crippen molar-refractivity contribution in [2.75, 3.05) is 19.0 Å². The molecule has 0 aromatic carbocycles. The van der Waals surface area contributed by atoms with E-state index >= 15 is 0 Å². The summed E-state index contributed by atoms with van der Waals surface area (Å²) < 4.78 is 53.9. The van der Waals surface area contributed by atoms with E-state index in [-0.39, 0.29) is 19.4 Å². The minimum atomic E-state index is -4.60. The first-order valence-corrected chi connectivity index (χ1v) is 22.5. The van der Waals surface area contributed by atoms with Gasteiger partial charge in [0.15, 0.2) is 12.4 Å². The zero-order valence-electron chi connectivity index (χ0n) is 33.3. The molecule has 6 atom stereocenters. The first kappa shape index (κ1) is 50.1. The Morgan fingerprint density at radius 2 is 1.15 bits per heavy atom. The normalized spacial score (nSPS) is 21.2. The molecule has 0 radical (unpaired) electrons. The van der Waals surface area contributed by atoms with Crippen LogP contribution in [0.3, 0.4) is 0 Å². The molecule has 0 aromatic rings. The van der Waals surface area contributed by atoms with Gasteiger partial charge in [-0.3, -0.25) is 14.1 Å². The highest BCUT2D eigenvalue weighted by molar-refractivity contribution is 7.85. The van der Waals surface area contributed by atoms with Crippen molar-refractivity contribution in [2.24, 2.45) is 0 Å². The van der Waals surface area contributed by atoms with Gasteiger partial charge in [0, 0.05) is 12.8 Å². The van der Waals surface area contributed by atoms with Crippen LogP contribution in [0.2, 0.25) is 0 Å². The van der Waals surface area contributed by atoms with E-state index in [2.05, 4.69) is 38.2 Å². The van der Waals surface area contributed by atoms with Gasteiger partial charge in [-0.25, -0.2) is 0 Å². The highest BCUT2D eigenvalue weighted by Gasteiger charge is 2.46. The van der Waals surface area contributed by atoms with Crippen LogP contribution < -0.4 is 0 Å². The van der Waals surface area contributed by atoms with Crippen LogP contribution in [0.1, 0.15) is 168 Å². The number of hydrogen-bond donors (Lipinski definition) is 4. The number of carbonyl (C=O) groups excluding carboxylic acids is 2. The summed E-state index contributed by atoms with van der Waals surface area (Å²) in [6.45, 7) is 3.67. The van der Waals surface area contributed by atoms with E-state index in [0.717, 1.165) is 70.6 Å². The molecule has 1 aliphatic rings. The SMILES string of the molecule is CCC/C=C\C/C=C\CCCCCCCC(=O)OC(COC(=O)CCCCCCCCCCCCCCC)COC1OC(CS(=O)(=O)O)C(O)C(O)C1O. The van der Waals surface area contributed by atoms with Crippen molar-refractivity contribution in [2.45, 2.75) is 205 Å². The molecule has 12 nitrogen and oxygen atoms in total. The number of rotatable bonds is 34. The third kappa shape index (κ3) is 26.9. The topological polar surface area (TPSA) is 186 Å². The maximum atomic E-state index is 12.7. The Morgan fingerprint density at radius 1 is 0.630 bits per heavy atom. The molecule has 1 heterocycles. The second kappa shape index (κ2) is 32.2. The van der Waals surface area contributed by atoms with Crippen LogP contribution >= 0.6 is 0 Å². The van der Waals surface area contributed by atoms with Crippen molar-refractivity contribution in [3.63, 3.8) is 0 Å². The number of ether oxygens (including phenoxy) is 4. The molecule has 0 aliphatic carbocycles. The Labute approximate surface area is 326 Å². The van der Waals surface area contributed by atoms with Crippen LogP contribution in [0.4, 0.5) is 0 Å². The highest BCUT2D eigenvalue weighted by atomic mass is 32.2. The molecular weight excluding hydrogens is 717 g/mol. The molecule has 0 aromatic heterocycles. The molecular formula is C41H74O12S. The van der Waals surface area contributed by atoms with Gasteiger partial charge in [-0.15, -0.1) is 0 Å². The Balaban J connectivity index is 2.50. The molecule has 1 fully saturated rings. The molecule has 54 heavy (non-hydrogen) atoms. The lowest BCUT2D eigenvalue weighted by Crippen LogP contribution is -2.60. The Bertz CT molecular complexity index is 1110. The second-order valence-electron chi connectivity index (χ2n) is 14.7. The fourth-order valence-electron chi connectivity index (χ4n) is 6.24. The van der Waals surface area contributed by atoms with Gasteiger partial charge in [0.05, 0.1) is 6.61 Å². The van der Waals surface area contributed by atoms with Gasteiger partial charge in [0.2, 0.25) is 0 Å². The molecule has 1 saturated heterocycles. The average Bonchev–Trinajstić information content (AvgIpc) is 3.13. The summed E-state index contributed by atoms with van der Waals surface area (Å²) in [5, 5.41) is 30.8. The zero-order valence-corrected chi connectivity index (χ0v) is 34.1. The Morgan fingerprint density at radius 3 is 1.70 bits per heavy atom. The number of hydrogen-bond acceptors (Lipinski definition) is 11. The predicted molar refractivity (Wildman–Crippen MR) is 210 cm³/mol. The second-order valence-corrected chi connectivity index (χ2v) is 16.2. The van der Waals surface area contributed by atoms with E-state index in [1.807, 2.05) is 0 Å². The number of aliphatic hydroxyl groups is 3. The van der Waals surface area contributed by atoms with Crippen LogP contribution in [0, 0.1) is 0 Å².